The van der Waals surface area contributed by atoms with Crippen molar-refractivity contribution in [1.82, 2.24) is 14.1 Å². The van der Waals surface area contributed by atoms with E-state index in [-0.39, 0.29) is 0 Å². The zero-order chi connectivity index (χ0) is 33.5. The van der Waals surface area contributed by atoms with E-state index in [1.54, 1.807) is 0 Å². The van der Waals surface area contributed by atoms with Crippen LogP contribution in [0.3, 0.4) is 0 Å². The largest absolute Gasteiger partial charge is 0.309 e. The average molecular weight is 668 g/mol. The van der Waals surface area contributed by atoms with Gasteiger partial charge in [-0.2, -0.15) is 0 Å². The van der Waals surface area contributed by atoms with E-state index in [0.717, 1.165) is 16.9 Å². The molecule has 51 heavy (non-hydrogen) atoms. The van der Waals surface area contributed by atoms with E-state index in [2.05, 4.69) is 178 Å². The Bertz CT molecular complexity index is 3100. The number of fused-ring (bicyclic) bond motifs is 9. The molecule has 0 aliphatic rings. The summed E-state index contributed by atoms with van der Waals surface area (Å²) in [6.07, 6.45) is 3.86. The zero-order valence-corrected chi connectivity index (χ0v) is 28.3. The van der Waals surface area contributed by atoms with E-state index in [0.29, 0.717) is 0 Å². The summed E-state index contributed by atoms with van der Waals surface area (Å²) >= 11 is 1.88. The van der Waals surface area contributed by atoms with Gasteiger partial charge in [0.1, 0.15) is 0 Å². The molecule has 0 amide bonds. The average Bonchev–Trinajstić information content (AvgIpc) is 3.86. The number of nitrogens with zero attached hydrogens (tertiary/aromatic N) is 3. The molecular weight excluding hydrogens is 639 g/mol. The third-order valence-electron chi connectivity index (χ3n) is 10.4. The number of benzene rings is 7. The number of aromatic nitrogens is 3. The van der Waals surface area contributed by atoms with Crippen molar-refractivity contribution in [1.29, 1.82) is 0 Å². The summed E-state index contributed by atoms with van der Waals surface area (Å²) in [5, 5.41) is 7.56. The van der Waals surface area contributed by atoms with Crippen molar-refractivity contribution in [2.24, 2.45) is 0 Å². The van der Waals surface area contributed by atoms with Gasteiger partial charge in [0, 0.05) is 59.3 Å². The van der Waals surface area contributed by atoms with Crippen LogP contribution < -0.4 is 0 Å². The Kier molecular flexibility index (Phi) is 6.12. The first kappa shape index (κ1) is 28.4. The quantitative estimate of drug-likeness (QED) is 0.183. The highest BCUT2D eigenvalue weighted by Gasteiger charge is 2.17. The van der Waals surface area contributed by atoms with Crippen LogP contribution in [-0.2, 0) is 0 Å². The number of rotatable bonds is 4. The maximum absolute atomic E-state index is 4.50. The molecule has 0 aliphatic heterocycles. The molecule has 0 spiro atoms. The van der Waals surface area contributed by atoms with Gasteiger partial charge < -0.3 is 9.13 Å². The van der Waals surface area contributed by atoms with E-state index < -0.39 is 0 Å². The summed E-state index contributed by atoms with van der Waals surface area (Å²) in [6.45, 7) is 0. The zero-order valence-electron chi connectivity index (χ0n) is 27.5. The molecule has 11 aromatic rings. The molecule has 0 atom stereocenters. The molecule has 11 rings (SSSR count). The van der Waals surface area contributed by atoms with Gasteiger partial charge in [-0.15, -0.1) is 11.3 Å². The van der Waals surface area contributed by atoms with Crippen molar-refractivity contribution < 1.29 is 0 Å². The Morgan fingerprint density at radius 1 is 0.392 bits per heavy atom. The molecule has 4 heterocycles. The number of pyridine rings is 1. The number of hydrogen-bond acceptors (Lipinski definition) is 2. The second-order valence-corrected chi connectivity index (χ2v) is 14.3. The SMILES string of the molecule is c1cc(-c2cccc(-n3c4ccccc4c4cc(-n5c6ccccc6c6ccncc65)ccc43)c2)cc(-c2cccc3c2sc2ccccc23)c1. The highest BCUT2D eigenvalue weighted by Crippen LogP contribution is 2.41. The lowest BCUT2D eigenvalue weighted by molar-refractivity contribution is 1.16. The summed E-state index contributed by atoms with van der Waals surface area (Å²) in [5.41, 5.74) is 11.9. The van der Waals surface area contributed by atoms with Crippen LogP contribution >= 0.6 is 11.3 Å². The van der Waals surface area contributed by atoms with Crippen LogP contribution in [0.15, 0.2) is 176 Å². The Labute approximate surface area is 297 Å². The lowest BCUT2D eigenvalue weighted by Gasteiger charge is -2.12. The van der Waals surface area contributed by atoms with Gasteiger partial charge in [-0.3, -0.25) is 4.98 Å². The fourth-order valence-corrected chi connectivity index (χ4v) is 9.38. The third-order valence-corrected chi connectivity index (χ3v) is 11.6. The smallest absolute Gasteiger partial charge is 0.0724 e. The van der Waals surface area contributed by atoms with Crippen molar-refractivity contribution in [3.63, 3.8) is 0 Å². The van der Waals surface area contributed by atoms with Gasteiger partial charge in [-0.1, -0.05) is 103 Å². The van der Waals surface area contributed by atoms with Crippen LogP contribution in [0.4, 0.5) is 0 Å². The third kappa shape index (κ3) is 4.27. The first-order valence-electron chi connectivity index (χ1n) is 17.3. The normalized spacial score (nSPS) is 11.9. The maximum Gasteiger partial charge on any atom is 0.0724 e. The van der Waals surface area contributed by atoms with Crippen molar-refractivity contribution >= 4 is 75.1 Å². The second kappa shape index (κ2) is 11.0. The van der Waals surface area contributed by atoms with Crippen molar-refractivity contribution in [2.75, 3.05) is 0 Å². The van der Waals surface area contributed by atoms with E-state index in [4.69, 9.17) is 0 Å². The molecule has 0 aliphatic carbocycles. The van der Waals surface area contributed by atoms with Crippen LogP contribution in [0.2, 0.25) is 0 Å². The monoisotopic (exact) mass is 667 g/mol. The summed E-state index contributed by atoms with van der Waals surface area (Å²) < 4.78 is 7.42. The lowest BCUT2D eigenvalue weighted by Crippen LogP contribution is -1.96. The van der Waals surface area contributed by atoms with Gasteiger partial charge in [0.2, 0.25) is 0 Å². The highest BCUT2D eigenvalue weighted by atomic mass is 32.1. The van der Waals surface area contributed by atoms with Gasteiger partial charge in [0.05, 0.1) is 28.3 Å². The van der Waals surface area contributed by atoms with E-state index >= 15 is 0 Å². The standard InChI is InChI=1S/C47H29N3S/c1-4-19-42-36(14-1)38-24-25-48-29-45(38)50(42)34-22-23-44-41(28-34)37-15-2-5-20-43(37)49(44)33-13-8-11-31(27-33)30-10-7-12-32(26-30)35-17-9-18-40-39-16-3-6-21-46(39)51-47(35)40/h1-29H. The second-order valence-electron chi connectivity index (χ2n) is 13.2. The highest BCUT2D eigenvalue weighted by molar-refractivity contribution is 7.26. The minimum atomic E-state index is 1.11. The molecule has 4 aromatic heterocycles. The van der Waals surface area contributed by atoms with Crippen molar-refractivity contribution in [3.05, 3.63) is 176 Å². The molecule has 0 saturated heterocycles. The molecule has 0 bridgehead atoms. The van der Waals surface area contributed by atoms with Crippen LogP contribution in [0.1, 0.15) is 0 Å². The Balaban J connectivity index is 1.06. The number of para-hydroxylation sites is 2. The van der Waals surface area contributed by atoms with E-state index in [9.17, 15) is 0 Å². The minimum absolute atomic E-state index is 1.11. The number of hydrogen-bond donors (Lipinski definition) is 0. The lowest BCUT2D eigenvalue weighted by atomic mass is 9.97. The van der Waals surface area contributed by atoms with Gasteiger partial charge in [-0.25, -0.2) is 0 Å². The fraction of sp³-hybridized carbons (Fsp3) is 0. The topological polar surface area (TPSA) is 22.8 Å². The summed E-state index contributed by atoms with van der Waals surface area (Å²) in [5.74, 6) is 0. The van der Waals surface area contributed by atoms with Crippen LogP contribution in [0, 0.1) is 0 Å². The number of thiophene rings is 1. The predicted molar refractivity (Wildman–Crippen MR) is 217 cm³/mol. The van der Waals surface area contributed by atoms with Crippen molar-refractivity contribution in [2.45, 2.75) is 0 Å². The fourth-order valence-electron chi connectivity index (χ4n) is 8.14. The first-order chi connectivity index (χ1) is 25.3. The summed E-state index contributed by atoms with van der Waals surface area (Å²) in [4.78, 5) is 4.50. The molecular formula is C47H29N3S. The van der Waals surface area contributed by atoms with Crippen LogP contribution in [-0.4, -0.2) is 14.1 Å². The van der Waals surface area contributed by atoms with Crippen molar-refractivity contribution in [3.8, 4) is 33.6 Å². The summed E-state index contributed by atoms with van der Waals surface area (Å²) in [6, 6.07) is 59.8. The maximum atomic E-state index is 4.50. The Morgan fingerprint density at radius 2 is 1.00 bits per heavy atom. The predicted octanol–water partition coefficient (Wildman–Crippen LogP) is 13.0. The first-order valence-corrected chi connectivity index (χ1v) is 18.1. The van der Waals surface area contributed by atoms with Gasteiger partial charge in [0.15, 0.2) is 0 Å². The molecule has 3 nitrogen and oxygen atoms in total. The Morgan fingerprint density at radius 3 is 1.86 bits per heavy atom. The minimum Gasteiger partial charge on any atom is -0.309 e. The van der Waals surface area contributed by atoms with Crippen LogP contribution in [0.5, 0.6) is 0 Å². The van der Waals surface area contributed by atoms with E-state index in [1.165, 1.54) is 80.5 Å². The molecule has 0 unspecified atom stereocenters. The van der Waals surface area contributed by atoms with Gasteiger partial charge >= 0.3 is 0 Å². The molecule has 0 fully saturated rings. The molecule has 238 valence electrons. The molecule has 0 radical (unpaired) electrons. The molecule has 0 saturated carbocycles. The van der Waals surface area contributed by atoms with Gasteiger partial charge in [0.25, 0.3) is 0 Å². The molecule has 0 N–H and O–H groups in total. The van der Waals surface area contributed by atoms with Crippen LogP contribution in [0.25, 0.3) is 97.4 Å². The van der Waals surface area contributed by atoms with Gasteiger partial charge in [-0.05, 0) is 82.9 Å². The Hall–Kier alpha value is -6.49. The summed E-state index contributed by atoms with van der Waals surface area (Å²) in [7, 11) is 0. The van der Waals surface area contributed by atoms with E-state index in [1.807, 2.05) is 23.7 Å². The molecule has 7 aromatic carbocycles. The molecule has 4 heteroatoms.